The molecule has 0 aliphatic heterocycles. The van der Waals surface area contributed by atoms with E-state index in [1.807, 2.05) is 0 Å². The van der Waals surface area contributed by atoms with Gasteiger partial charge >= 0.3 is 0 Å². The predicted octanol–water partition coefficient (Wildman–Crippen LogP) is 1.99. The SMILES string of the molecule is CC1CC1c1[nH]nc2ncc([N+](=O)[O-])cc12. The molecule has 1 saturated carbocycles. The standard InChI is InChI=1S/C10H10N4O2/c1-5-2-7(5)9-8-3-6(14(15)16)4-11-10(8)13-12-9/h3-5,7H,2H2,1H3,(H,11,12,13). The molecule has 2 heterocycles. The number of nitro groups is 1. The predicted molar refractivity (Wildman–Crippen MR) is 57.1 cm³/mol. The molecule has 0 bridgehead atoms. The molecule has 2 aromatic heterocycles. The van der Waals surface area contributed by atoms with Crippen LogP contribution in [0.1, 0.15) is 25.0 Å². The topological polar surface area (TPSA) is 84.7 Å². The third-order valence-electron chi connectivity index (χ3n) is 3.12. The van der Waals surface area contributed by atoms with Crippen molar-refractivity contribution in [3.8, 4) is 0 Å². The van der Waals surface area contributed by atoms with Crippen molar-refractivity contribution in [2.75, 3.05) is 0 Å². The van der Waals surface area contributed by atoms with Crippen molar-refractivity contribution in [2.45, 2.75) is 19.3 Å². The van der Waals surface area contributed by atoms with Crippen molar-refractivity contribution >= 4 is 16.7 Å². The fraction of sp³-hybridized carbons (Fsp3) is 0.400. The smallest absolute Gasteiger partial charge is 0.279 e. The Kier molecular flexibility index (Phi) is 1.74. The molecule has 0 spiro atoms. The summed E-state index contributed by atoms with van der Waals surface area (Å²) in [6.07, 6.45) is 2.35. The van der Waals surface area contributed by atoms with Gasteiger partial charge in [0.2, 0.25) is 0 Å². The molecule has 6 nitrogen and oxygen atoms in total. The number of rotatable bonds is 2. The van der Waals surface area contributed by atoms with Crippen LogP contribution in [-0.2, 0) is 0 Å². The molecular weight excluding hydrogens is 208 g/mol. The summed E-state index contributed by atoms with van der Waals surface area (Å²) < 4.78 is 0. The summed E-state index contributed by atoms with van der Waals surface area (Å²) in [5.74, 6) is 1.08. The molecule has 2 atom stereocenters. The van der Waals surface area contributed by atoms with Gasteiger partial charge in [0, 0.05) is 23.1 Å². The fourth-order valence-corrected chi connectivity index (χ4v) is 2.01. The van der Waals surface area contributed by atoms with Crippen LogP contribution in [0.4, 0.5) is 5.69 Å². The maximum absolute atomic E-state index is 10.7. The Hall–Kier alpha value is -1.98. The third-order valence-corrected chi connectivity index (χ3v) is 3.12. The van der Waals surface area contributed by atoms with E-state index in [1.165, 1.54) is 6.20 Å². The molecule has 1 aliphatic rings. The Morgan fingerprint density at radius 3 is 3.00 bits per heavy atom. The van der Waals surface area contributed by atoms with Gasteiger partial charge in [0.1, 0.15) is 6.20 Å². The first-order chi connectivity index (χ1) is 7.66. The first-order valence-electron chi connectivity index (χ1n) is 5.15. The van der Waals surface area contributed by atoms with E-state index in [0.29, 0.717) is 17.5 Å². The Bertz CT molecular complexity index is 577. The molecule has 0 saturated heterocycles. The zero-order chi connectivity index (χ0) is 11.3. The van der Waals surface area contributed by atoms with Gasteiger partial charge in [-0.1, -0.05) is 6.92 Å². The largest absolute Gasteiger partial charge is 0.288 e. The number of H-pyrrole nitrogens is 1. The number of aromatic nitrogens is 3. The quantitative estimate of drug-likeness (QED) is 0.617. The van der Waals surface area contributed by atoms with E-state index in [1.54, 1.807) is 6.07 Å². The van der Waals surface area contributed by atoms with Gasteiger partial charge in [-0.2, -0.15) is 5.10 Å². The normalized spacial score (nSPS) is 23.6. The van der Waals surface area contributed by atoms with Gasteiger partial charge in [0.05, 0.1) is 4.92 Å². The minimum atomic E-state index is -0.431. The minimum absolute atomic E-state index is 0.0171. The second-order valence-corrected chi connectivity index (χ2v) is 4.28. The van der Waals surface area contributed by atoms with E-state index >= 15 is 0 Å². The second-order valence-electron chi connectivity index (χ2n) is 4.28. The molecule has 1 N–H and O–H groups in total. The average molecular weight is 218 g/mol. The molecule has 0 radical (unpaired) electrons. The summed E-state index contributed by atoms with van der Waals surface area (Å²) in [5, 5.41) is 18.4. The number of hydrogen-bond acceptors (Lipinski definition) is 4. The summed E-state index contributed by atoms with van der Waals surface area (Å²) in [7, 11) is 0. The van der Waals surface area contributed by atoms with Gasteiger partial charge in [0.25, 0.3) is 5.69 Å². The minimum Gasteiger partial charge on any atom is -0.279 e. The molecule has 0 amide bonds. The van der Waals surface area contributed by atoms with Crippen LogP contribution in [0.15, 0.2) is 12.3 Å². The van der Waals surface area contributed by atoms with E-state index in [4.69, 9.17) is 0 Å². The van der Waals surface area contributed by atoms with Crippen LogP contribution in [0.5, 0.6) is 0 Å². The number of nitrogens with zero attached hydrogens (tertiary/aromatic N) is 3. The molecule has 1 fully saturated rings. The highest BCUT2D eigenvalue weighted by atomic mass is 16.6. The summed E-state index contributed by atoms with van der Waals surface area (Å²) in [6.45, 7) is 2.15. The molecule has 2 unspecified atom stereocenters. The number of hydrogen-bond donors (Lipinski definition) is 1. The summed E-state index contributed by atoms with van der Waals surface area (Å²) in [6, 6.07) is 1.55. The van der Waals surface area contributed by atoms with E-state index in [-0.39, 0.29) is 5.69 Å². The van der Waals surface area contributed by atoms with Crippen LogP contribution in [0.25, 0.3) is 11.0 Å². The average Bonchev–Trinajstić information content (AvgIpc) is 2.84. The lowest BCUT2D eigenvalue weighted by Crippen LogP contribution is -1.89. The highest BCUT2D eigenvalue weighted by Crippen LogP contribution is 2.48. The Morgan fingerprint density at radius 1 is 1.62 bits per heavy atom. The third kappa shape index (κ3) is 1.26. The molecule has 1 aliphatic carbocycles. The van der Waals surface area contributed by atoms with Crippen LogP contribution >= 0.6 is 0 Å². The molecular formula is C10H10N4O2. The van der Waals surface area contributed by atoms with Gasteiger partial charge in [-0.15, -0.1) is 0 Å². The van der Waals surface area contributed by atoms with Gasteiger partial charge in [0.15, 0.2) is 5.65 Å². The van der Waals surface area contributed by atoms with Crippen LogP contribution < -0.4 is 0 Å². The van der Waals surface area contributed by atoms with Crippen molar-refractivity contribution < 1.29 is 4.92 Å². The monoisotopic (exact) mass is 218 g/mol. The van der Waals surface area contributed by atoms with Crippen LogP contribution in [0, 0.1) is 16.0 Å². The van der Waals surface area contributed by atoms with Crippen molar-refractivity contribution in [2.24, 2.45) is 5.92 Å². The van der Waals surface area contributed by atoms with Crippen molar-refractivity contribution in [3.63, 3.8) is 0 Å². The number of pyridine rings is 1. The van der Waals surface area contributed by atoms with Crippen molar-refractivity contribution in [3.05, 3.63) is 28.1 Å². The lowest BCUT2D eigenvalue weighted by molar-refractivity contribution is -0.385. The maximum atomic E-state index is 10.7. The molecule has 6 heteroatoms. The summed E-state index contributed by atoms with van der Waals surface area (Å²) in [5.41, 5.74) is 1.56. The van der Waals surface area contributed by atoms with Crippen LogP contribution in [0.2, 0.25) is 0 Å². The van der Waals surface area contributed by atoms with E-state index in [9.17, 15) is 10.1 Å². The molecule has 3 rings (SSSR count). The molecule has 0 aromatic carbocycles. The van der Waals surface area contributed by atoms with Crippen molar-refractivity contribution in [1.82, 2.24) is 15.2 Å². The fourth-order valence-electron chi connectivity index (χ4n) is 2.01. The van der Waals surface area contributed by atoms with E-state index in [2.05, 4.69) is 22.1 Å². The first-order valence-corrected chi connectivity index (χ1v) is 5.15. The number of nitrogens with one attached hydrogen (secondary N) is 1. The zero-order valence-electron chi connectivity index (χ0n) is 8.67. The number of aromatic amines is 1. The Balaban J connectivity index is 2.16. The highest BCUT2D eigenvalue weighted by Gasteiger charge is 2.37. The number of fused-ring (bicyclic) bond motifs is 1. The summed E-state index contributed by atoms with van der Waals surface area (Å²) in [4.78, 5) is 14.2. The first kappa shape index (κ1) is 9.26. The van der Waals surface area contributed by atoms with E-state index < -0.39 is 4.92 Å². The van der Waals surface area contributed by atoms with Crippen molar-refractivity contribution in [1.29, 1.82) is 0 Å². The van der Waals surface area contributed by atoms with Gasteiger partial charge in [-0.3, -0.25) is 15.2 Å². The lowest BCUT2D eigenvalue weighted by Gasteiger charge is -1.94. The maximum Gasteiger partial charge on any atom is 0.288 e. The molecule has 16 heavy (non-hydrogen) atoms. The van der Waals surface area contributed by atoms with Crippen LogP contribution in [0.3, 0.4) is 0 Å². The van der Waals surface area contributed by atoms with Gasteiger partial charge < -0.3 is 0 Å². The Morgan fingerprint density at radius 2 is 2.38 bits per heavy atom. The lowest BCUT2D eigenvalue weighted by atomic mass is 10.1. The van der Waals surface area contributed by atoms with E-state index in [0.717, 1.165) is 17.5 Å². The molecule has 2 aromatic rings. The molecule has 82 valence electrons. The highest BCUT2D eigenvalue weighted by molar-refractivity contribution is 5.80. The summed E-state index contributed by atoms with van der Waals surface area (Å²) >= 11 is 0. The second kappa shape index (κ2) is 3.01. The van der Waals surface area contributed by atoms with Gasteiger partial charge in [-0.25, -0.2) is 4.98 Å². The zero-order valence-corrected chi connectivity index (χ0v) is 8.67. The van der Waals surface area contributed by atoms with Crippen LogP contribution in [-0.4, -0.2) is 20.1 Å². The Labute approximate surface area is 90.8 Å². The van der Waals surface area contributed by atoms with Gasteiger partial charge in [-0.05, 0) is 12.3 Å².